The largest absolute Gasteiger partial charge is 0.0988 e. The van der Waals surface area contributed by atoms with E-state index in [0.29, 0.717) is 0 Å². The number of rotatable bonds is 2. The summed E-state index contributed by atoms with van der Waals surface area (Å²) in [5, 5.41) is 0. The van der Waals surface area contributed by atoms with E-state index in [1.54, 1.807) is 0 Å². The molecule has 0 aromatic heterocycles. The molecule has 1 unspecified atom stereocenters. The fourth-order valence-corrected chi connectivity index (χ4v) is 1.68. The Hall–Kier alpha value is -0.520. The van der Waals surface area contributed by atoms with Gasteiger partial charge < -0.3 is 0 Å². The molecule has 0 aliphatic heterocycles. The Balaban J connectivity index is 2.62. The van der Waals surface area contributed by atoms with Gasteiger partial charge in [-0.1, -0.05) is 38.2 Å². The van der Waals surface area contributed by atoms with Crippen molar-refractivity contribution in [3.63, 3.8) is 0 Å². The molecule has 1 atom stereocenters. The van der Waals surface area contributed by atoms with Crippen LogP contribution in [0.1, 0.15) is 33.1 Å². The van der Waals surface area contributed by atoms with E-state index in [1.165, 1.54) is 24.8 Å². The molecule has 1 aliphatic carbocycles. The Morgan fingerprint density at radius 2 is 2.36 bits per heavy atom. The Kier molecular flexibility index (Phi) is 2.92. The lowest BCUT2D eigenvalue weighted by atomic mass is 9.83. The maximum absolute atomic E-state index is 3.81. The first-order valence-corrected chi connectivity index (χ1v) is 4.57. The maximum atomic E-state index is 3.81. The van der Waals surface area contributed by atoms with Crippen molar-refractivity contribution in [2.45, 2.75) is 33.1 Å². The van der Waals surface area contributed by atoms with Gasteiger partial charge in [0.05, 0.1) is 0 Å². The van der Waals surface area contributed by atoms with Crippen LogP contribution >= 0.6 is 0 Å². The third-order valence-electron chi connectivity index (χ3n) is 2.55. The van der Waals surface area contributed by atoms with Gasteiger partial charge in [0.15, 0.2) is 0 Å². The van der Waals surface area contributed by atoms with Crippen LogP contribution in [0.25, 0.3) is 0 Å². The van der Waals surface area contributed by atoms with Gasteiger partial charge in [0.1, 0.15) is 0 Å². The summed E-state index contributed by atoms with van der Waals surface area (Å²) in [5.74, 6) is 1.60. The second-order valence-corrected chi connectivity index (χ2v) is 3.75. The summed E-state index contributed by atoms with van der Waals surface area (Å²) in [6.07, 6.45) is 8.37. The molecule has 62 valence electrons. The zero-order valence-corrected chi connectivity index (χ0v) is 7.64. The first-order valence-electron chi connectivity index (χ1n) is 4.57. The lowest BCUT2D eigenvalue weighted by Gasteiger charge is -2.22. The Morgan fingerprint density at radius 1 is 1.64 bits per heavy atom. The van der Waals surface area contributed by atoms with Gasteiger partial charge in [-0.25, -0.2) is 0 Å². The van der Waals surface area contributed by atoms with Crippen LogP contribution < -0.4 is 0 Å². The van der Waals surface area contributed by atoms with Gasteiger partial charge in [-0.3, -0.25) is 0 Å². The predicted octanol–water partition coefficient (Wildman–Crippen LogP) is 3.55. The highest BCUT2D eigenvalue weighted by Gasteiger charge is 2.14. The van der Waals surface area contributed by atoms with Crippen molar-refractivity contribution < 1.29 is 0 Å². The highest BCUT2D eigenvalue weighted by Crippen LogP contribution is 2.28. The molecular formula is C11H18. The van der Waals surface area contributed by atoms with Crippen LogP contribution in [0.2, 0.25) is 0 Å². The summed E-state index contributed by atoms with van der Waals surface area (Å²) < 4.78 is 0. The van der Waals surface area contributed by atoms with E-state index in [9.17, 15) is 0 Å². The van der Waals surface area contributed by atoms with Crippen molar-refractivity contribution in [1.29, 1.82) is 0 Å². The van der Waals surface area contributed by atoms with Crippen molar-refractivity contribution in [3.05, 3.63) is 24.3 Å². The van der Waals surface area contributed by atoms with Crippen LogP contribution in [0.15, 0.2) is 24.3 Å². The van der Waals surface area contributed by atoms with Gasteiger partial charge in [-0.15, -0.1) is 0 Å². The molecule has 1 aliphatic rings. The van der Waals surface area contributed by atoms with Crippen LogP contribution in [0.3, 0.4) is 0 Å². The summed E-state index contributed by atoms with van der Waals surface area (Å²) in [6.45, 7) is 8.41. The zero-order valence-electron chi connectivity index (χ0n) is 7.64. The van der Waals surface area contributed by atoms with E-state index in [4.69, 9.17) is 0 Å². The van der Waals surface area contributed by atoms with E-state index < -0.39 is 0 Å². The lowest BCUT2D eigenvalue weighted by Crippen LogP contribution is -2.09. The van der Waals surface area contributed by atoms with Crippen molar-refractivity contribution in [2.75, 3.05) is 0 Å². The fraction of sp³-hybridized carbons (Fsp3) is 0.636. The average Bonchev–Trinajstić information content (AvgIpc) is 2.05. The number of hydrogen-bond donors (Lipinski definition) is 0. The Labute approximate surface area is 70.0 Å². The third kappa shape index (κ3) is 2.21. The van der Waals surface area contributed by atoms with Crippen LogP contribution in [0.4, 0.5) is 0 Å². The first kappa shape index (κ1) is 8.58. The molecule has 0 N–H and O–H groups in total. The Morgan fingerprint density at radius 3 is 2.91 bits per heavy atom. The van der Waals surface area contributed by atoms with Gasteiger partial charge in [0.25, 0.3) is 0 Å². The minimum Gasteiger partial charge on any atom is -0.0988 e. The summed E-state index contributed by atoms with van der Waals surface area (Å²) in [4.78, 5) is 0. The van der Waals surface area contributed by atoms with Gasteiger partial charge in [0, 0.05) is 0 Å². The molecule has 0 bridgehead atoms. The quantitative estimate of drug-likeness (QED) is 0.564. The summed E-state index contributed by atoms with van der Waals surface area (Å²) in [7, 11) is 0. The lowest BCUT2D eigenvalue weighted by molar-refractivity contribution is 0.408. The average molecular weight is 150 g/mol. The monoisotopic (exact) mass is 150 g/mol. The van der Waals surface area contributed by atoms with Crippen molar-refractivity contribution >= 4 is 0 Å². The second-order valence-electron chi connectivity index (χ2n) is 3.75. The third-order valence-corrected chi connectivity index (χ3v) is 2.55. The summed E-state index contributed by atoms with van der Waals surface area (Å²) in [6, 6.07) is 0. The van der Waals surface area contributed by atoms with Crippen molar-refractivity contribution in [2.24, 2.45) is 11.8 Å². The van der Waals surface area contributed by atoms with E-state index in [1.807, 2.05) is 6.08 Å². The molecule has 0 saturated heterocycles. The minimum atomic E-state index is 0.797. The molecular weight excluding hydrogens is 132 g/mol. The molecule has 0 nitrogen and oxygen atoms in total. The van der Waals surface area contributed by atoms with E-state index in [-0.39, 0.29) is 0 Å². The number of allylic oxidation sites excluding steroid dienone is 3. The normalized spacial score (nSPS) is 25.0. The van der Waals surface area contributed by atoms with Crippen molar-refractivity contribution in [3.8, 4) is 0 Å². The van der Waals surface area contributed by atoms with Gasteiger partial charge in [-0.2, -0.15) is 0 Å². The molecule has 0 spiro atoms. The van der Waals surface area contributed by atoms with Crippen LogP contribution in [-0.2, 0) is 0 Å². The SMILES string of the molecule is C=CC1=CC(C(C)C)CCC1. The molecule has 0 heteroatoms. The minimum absolute atomic E-state index is 0.797. The van der Waals surface area contributed by atoms with Gasteiger partial charge in [0.2, 0.25) is 0 Å². The smallest absolute Gasteiger partial charge is 0.0204 e. The van der Waals surface area contributed by atoms with E-state index in [2.05, 4.69) is 26.5 Å². The molecule has 0 heterocycles. The summed E-state index contributed by atoms with van der Waals surface area (Å²) in [5.41, 5.74) is 1.45. The first-order chi connectivity index (χ1) is 5.24. The topological polar surface area (TPSA) is 0 Å². The molecule has 1 rings (SSSR count). The molecule has 0 amide bonds. The van der Waals surface area contributed by atoms with Crippen LogP contribution in [0, 0.1) is 11.8 Å². The van der Waals surface area contributed by atoms with E-state index in [0.717, 1.165) is 11.8 Å². The van der Waals surface area contributed by atoms with Gasteiger partial charge >= 0.3 is 0 Å². The van der Waals surface area contributed by atoms with Crippen LogP contribution in [0.5, 0.6) is 0 Å². The molecule has 0 radical (unpaired) electrons. The molecule has 0 aromatic carbocycles. The number of hydrogen-bond acceptors (Lipinski definition) is 0. The van der Waals surface area contributed by atoms with Crippen LogP contribution in [-0.4, -0.2) is 0 Å². The molecule has 11 heavy (non-hydrogen) atoms. The maximum Gasteiger partial charge on any atom is -0.0204 e. The molecule has 0 saturated carbocycles. The molecule has 0 fully saturated rings. The fourth-order valence-electron chi connectivity index (χ4n) is 1.68. The Bertz CT molecular complexity index is 163. The predicted molar refractivity (Wildman–Crippen MR) is 50.5 cm³/mol. The van der Waals surface area contributed by atoms with E-state index >= 15 is 0 Å². The summed E-state index contributed by atoms with van der Waals surface area (Å²) >= 11 is 0. The molecule has 0 aromatic rings. The standard InChI is InChI=1S/C11H18/c1-4-10-6-5-7-11(8-10)9(2)3/h4,8-9,11H,1,5-7H2,2-3H3. The second kappa shape index (κ2) is 3.75. The highest BCUT2D eigenvalue weighted by molar-refractivity contribution is 5.19. The van der Waals surface area contributed by atoms with Crippen molar-refractivity contribution in [1.82, 2.24) is 0 Å². The highest BCUT2D eigenvalue weighted by atomic mass is 14.2. The zero-order chi connectivity index (χ0) is 8.27. The van der Waals surface area contributed by atoms with Gasteiger partial charge in [-0.05, 0) is 31.1 Å².